The first kappa shape index (κ1) is 15.6. The lowest BCUT2D eigenvalue weighted by Crippen LogP contribution is -2.09. The van der Waals surface area contributed by atoms with E-state index in [0.29, 0.717) is 23.9 Å². The average molecular weight is 315 g/mol. The van der Waals surface area contributed by atoms with E-state index >= 15 is 0 Å². The van der Waals surface area contributed by atoms with Gasteiger partial charge in [-0.05, 0) is 43.0 Å². The quantitative estimate of drug-likeness (QED) is 0.755. The van der Waals surface area contributed by atoms with Crippen LogP contribution in [0.25, 0.3) is 11.5 Å². The van der Waals surface area contributed by atoms with Crippen molar-refractivity contribution in [2.45, 2.75) is 38.7 Å². The van der Waals surface area contributed by atoms with E-state index in [0.717, 1.165) is 24.2 Å². The molecule has 0 atom stereocenters. The third-order valence-electron chi connectivity index (χ3n) is 4.20. The van der Waals surface area contributed by atoms with Gasteiger partial charge in [0.25, 0.3) is 0 Å². The molecule has 1 aromatic heterocycles. The SMILES string of the molecule is COc1ccc(-c2nc(COC(=O)CC3CCCC3)co2)cc1. The molecule has 0 bridgehead atoms. The smallest absolute Gasteiger partial charge is 0.306 e. The van der Waals surface area contributed by atoms with Gasteiger partial charge in [-0.2, -0.15) is 0 Å². The van der Waals surface area contributed by atoms with Gasteiger partial charge in [0.2, 0.25) is 5.89 Å². The maximum absolute atomic E-state index is 11.8. The Balaban J connectivity index is 1.53. The predicted molar refractivity (Wildman–Crippen MR) is 84.9 cm³/mol. The maximum Gasteiger partial charge on any atom is 0.306 e. The molecule has 1 fully saturated rings. The highest BCUT2D eigenvalue weighted by Crippen LogP contribution is 2.28. The monoisotopic (exact) mass is 315 g/mol. The van der Waals surface area contributed by atoms with Crippen molar-refractivity contribution in [3.8, 4) is 17.2 Å². The topological polar surface area (TPSA) is 61.6 Å². The molecule has 2 aromatic rings. The second kappa shape index (κ2) is 7.31. The minimum atomic E-state index is -0.147. The number of nitrogens with zero attached hydrogens (tertiary/aromatic N) is 1. The van der Waals surface area contributed by atoms with Crippen LogP contribution >= 0.6 is 0 Å². The summed E-state index contributed by atoms with van der Waals surface area (Å²) in [6, 6.07) is 7.45. The zero-order valence-electron chi connectivity index (χ0n) is 13.3. The van der Waals surface area contributed by atoms with Gasteiger partial charge >= 0.3 is 5.97 Å². The van der Waals surface area contributed by atoms with E-state index in [1.54, 1.807) is 7.11 Å². The molecular formula is C18H21NO4. The molecule has 1 aliphatic carbocycles. The first-order valence-electron chi connectivity index (χ1n) is 7.99. The van der Waals surface area contributed by atoms with E-state index in [4.69, 9.17) is 13.9 Å². The summed E-state index contributed by atoms with van der Waals surface area (Å²) in [5.74, 6) is 1.64. The van der Waals surface area contributed by atoms with E-state index in [2.05, 4.69) is 4.98 Å². The number of methoxy groups -OCH3 is 1. The zero-order valence-corrected chi connectivity index (χ0v) is 13.3. The minimum Gasteiger partial charge on any atom is -0.497 e. The summed E-state index contributed by atoms with van der Waals surface area (Å²) in [5.41, 5.74) is 1.48. The van der Waals surface area contributed by atoms with Crippen LogP contribution in [0.3, 0.4) is 0 Å². The number of esters is 1. The summed E-state index contributed by atoms with van der Waals surface area (Å²) >= 11 is 0. The molecule has 0 radical (unpaired) electrons. The lowest BCUT2D eigenvalue weighted by Gasteiger charge is -2.07. The van der Waals surface area contributed by atoms with Crippen molar-refractivity contribution < 1.29 is 18.7 Å². The molecule has 3 rings (SSSR count). The van der Waals surface area contributed by atoms with E-state index in [1.165, 1.54) is 19.1 Å². The lowest BCUT2D eigenvalue weighted by atomic mass is 10.0. The first-order chi connectivity index (χ1) is 11.2. The Morgan fingerprint density at radius 2 is 2.00 bits per heavy atom. The Bertz CT molecular complexity index is 641. The number of rotatable bonds is 6. The third-order valence-corrected chi connectivity index (χ3v) is 4.20. The molecule has 0 spiro atoms. The minimum absolute atomic E-state index is 0.147. The largest absolute Gasteiger partial charge is 0.497 e. The second-order valence-electron chi connectivity index (χ2n) is 5.89. The van der Waals surface area contributed by atoms with Gasteiger partial charge in [-0.3, -0.25) is 4.79 Å². The van der Waals surface area contributed by atoms with Crippen molar-refractivity contribution >= 4 is 5.97 Å². The number of aromatic nitrogens is 1. The molecule has 5 nitrogen and oxygen atoms in total. The molecule has 5 heteroatoms. The van der Waals surface area contributed by atoms with Crippen LogP contribution in [0.15, 0.2) is 34.9 Å². The van der Waals surface area contributed by atoms with Crippen LogP contribution in [-0.4, -0.2) is 18.1 Å². The third kappa shape index (κ3) is 4.12. The van der Waals surface area contributed by atoms with Gasteiger partial charge in [0.1, 0.15) is 24.3 Å². The van der Waals surface area contributed by atoms with Crippen molar-refractivity contribution in [3.05, 3.63) is 36.2 Å². The summed E-state index contributed by atoms with van der Waals surface area (Å²) in [5, 5.41) is 0. The van der Waals surface area contributed by atoms with E-state index < -0.39 is 0 Å². The highest BCUT2D eigenvalue weighted by molar-refractivity contribution is 5.69. The summed E-state index contributed by atoms with van der Waals surface area (Å²) in [6.45, 7) is 0.158. The molecule has 0 saturated heterocycles. The summed E-state index contributed by atoms with van der Waals surface area (Å²) in [7, 11) is 1.62. The van der Waals surface area contributed by atoms with Crippen LogP contribution in [0.1, 0.15) is 37.8 Å². The van der Waals surface area contributed by atoms with Crippen LogP contribution in [0.5, 0.6) is 5.75 Å². The number of benzene rings is 1. The molecule has 1 aromatic carbocycles. The Labute approximate surface area is 135 Å². The van der Waals surface area contributed by atoms with Gasteiger partial charge in [-0.1, -0.05) is 12.8 Å². The van der Waals surface area contributed by atoms with Crippen molar-refractivity contribution in [2.75, 3.05) is 7.11 Å². The zero-order chi connectivity index (χ0) is 16.1. The predicted octanol–water partition coefficient (Wildman–Crippen LogP) is 3.97. The Morgan fingerprint density at radius 3 is 2.70 bits per heavy atom. The molecule has 122 valence electrons. The van der Waals surface area contributed by atoms with Crippen molar-refractivity contribution in [1.82, 2.24) is 4.98 Å². The average Bonchev–Trinajstić information content (AvgIpc) is 3.25. The standard InChI is InChI=1S/C18H21NO4/c1-21-16-8-6-14(7-9-16)18-19-15(12-23-18)11-22-17(20)10-13-4-2-3-5-13/h6-9,12-13H,2-5,10-11H2,1H3. The van der Waals surface area contributed by atoms with Crippen LogP contribution in [-0.2, 0) is 16.1 Å². The summed E-state index contributed by atoms with van der Waals surface area (Å²) in [6.07, 6.45) is 6.78. The number of ether oxygens (including phenoxy) is 2. The fraction of sp³-hybridized carbons (Fsp3) is 0.444. The number of carbonyl (C=O) groups is 1. The Hall–Kier alpha value is -2.30. The van der Waals surface area contributed by atoms with Crippen molar-refractivity contribution in [2.24, 2.45) is 5.92 Å². The summed E-state index contributed by atoms with van der Waals surface area (Å²) < 4.78 is 15.9. The molecule has 0 aliphatic heterocycles. The molecule has 1 saturated carbocycles. The van der Waals surface area contributed by atoms with E-state index in [-0.39, 0.29) is 12.6 Å². The highest BCUT2D eigenvalue weighted by atomic mass is 16.5. The molecule has 23 heavy (non-hydrogen) atoms. The van der Waals surface area contributed by atoms with Gasteiger partial charge in [-0.15, -0.1) is 0 Å². The Kier molecular flexibility index (Phi) is 4.95. The highest BCUT2D eigenvalue weighted by Gasteiger charge is 2.19. The van der Waals surface area contributed by atoms with Crippen molar-refractivity contribution in [3.63, 3.8) is 0 Å². The number of hydrogen-bond donors (Lipinski definition) is 0. The molecule has 1 aliphatic rings. The van der Waals surface area contributed by atoms with E-state index in [9.17, 15) is 4.79 Å². The van der Waals surface area contributed by atoms with Gasteiger partial charge in [0.05, 0.1) is 7.11 Å². The molecule has 0 unspecified atom stereocenters. The lowest BCUT2D eigenvalue weighted by molar-refractivity contribution is -0.146. The van der Waals surface area contributed by atoms with Gasteiger partial charge in [-0.25, -0.2) is 4.98 Å². The van der Waals surface area contributed by atoms with Crippen LogP contribution in [0, 0.1) is 5.92 Å². The second-order valence-corrected chi connectivity index (χ2v) is 5.89. The van der Waals surface area contributed by atoms with Crippen molar-refractivity contribution in [1.29, 1.82) is 0 Å². The molecular weight excluding hydrogens is 294 g/mol. The van der Waals surface area contributed by atoms with E-state index in [1.807, 2.05) is 24.3 Å². The number of oxazole rings is 1. The number of carbonyl (C=O) groups excluding carboxylic acids is 1. The van der Waals surface area contributed by atoms with Crippen LogP contribution in [0.2, 0.25) is 0 Å². The van der Waals surface area contributed by atoms with Crippen LogP contribution < -0.4 is 4.74 Å². The Morgan fingerprint density at radius 1 is 1.26 bits per heavy atom. The molecule has 0 N–H and O–H groups in total. The van der Waals surface area contributed by atoms with Gasteiger partial charge in [0, 0.05) is 12.0 Å². The molecule has 0 amide bonds. The fourth-order valence-corrected chi connectivity index (χ4v) is 2.90. The first-order valence-corrected chi connectivity index (χ1v) is 7.99. The van der Waals surface area contributed by atoms with Gasteiger partial charge < -0.3 is 13.9 Å². The maximum atomic E-state index is 11.8. The normalized spacial score (nSPS) is 14.8. The fourth-order valence-electron chi connectivity index (χ4n) is 2.90. The van der Waals surface area contributed by atoms with Gasteiger partial charge in [0.15, 0.2) is 0 Å². The number of hydrogen-bond acceptors (Lipinski definition) is 5. The molecule has 1 heterocycles. The summed E-state index contributed by atoms with van der Waals surface area (Å²) in [4.78, 5) is 16.2. The van der Waals surface area contributed by atoms with Crippen LogP contribution in [0.4, 0.5) is 0 Å².